The molecule has 0 saturated heterocycles. The second-order valence-corrected chi connectivity index (χ2v) is 15.0. The molecule has 0 N–H and O–H groups in total. The Kier molecular flexibility index (Phi) is 6.83. The molecule has 0 aliphatic carbocycles. The van der Waals surface area contributed by atoms with E-state index in [1.807, 2.05) is 11.3 Å². The molecule has 1 aromatic heterocycles. The van der Waals surface area contributed by atoms with Gasteiger partial charge in [-0.25, -0.2) is 0 Å². The smallest absolute Gasteiger partial charge is 0.0433 e. The van der Waals surface area contributed by atoms with Gasteiger partial charge in [0, 0.05) is 20.2 Å². The summed E-state index contributed by atoms with van der Waals surface area (Å²) >= 11 is 1.89. The van der Waals surface area contributed by atoms with Crippen LogP contribution in [0.4, 0.5) is 0 Å². The van der Waals surface area contributed by atoms with Gasteiger partial charge in [0.25, 0.3) is 0 Å². The second kappa shape index (κ2) is 12.0. The Bertz CT molecular complexity index is 3230. The molecule has 1 heterocycles. The predicted molar refractivity (Wildman–Crippen MR) is 231 cm³/mol. The van der Waals surface area contributed by atoms with Crippen molar-refractivity contribution in [1.29, 1.82) is 0 Å². The van der Waals surface area contributed by atoms with E-state index in [0.29, 0.717) is 0 Å². The fourth-order valence-electron chi connectivity index (χ4n) is 8.65. The molecule has 0 unspecified atom stereocenters. The number of hydrogen-bond donors (Lipinski definition) is 0. The summed E-state index contributed by atoms with van der Waals surface area (Å²) in [6, 6.07) is 71.9. The third kappa shape index (κ3) is 4.75. The van der Waals surface area contributed by atoms with Crippen molar-refractivity contribution in [1.82, 2.24) is 0 Å². The second-order valence-electron chi connectivity index (χ2n) is 14.0. The van der Waals surface area contributed by atoms with Gasteiger partial charge < -0.3 is 0 Å². The van der Waals surface area contributed by atoms with E-state index in [0.717, 1.165) is 0 Å². The van der Waals surface area contributed by atoms with Gasteiger partial charge in [0.15, 0.2) is 0 Å². The first-order valence-electron chi connectivity index (χ1n) is 18.3. The molecule has 0 fully saturated rings. The largest absolute Gasteiger partial charge is 0.135 e. The van der Waals surface area contributed by atoms with Crippen molar-refractivity contribution < 1.29 is 0 Å². The van der Waals surface area contributed by atoms with E-state index in [9.17, 15) is 0 Å². The van der Waals surface area contributed by atoms with Crippen LogP contribution >= 0.6 is 11.3 Å². The summed E-state index contributed by atoms with van der Waals surface area (Å²) in [6.07, 6.45) is 0. The van der Waals surface area contributed by atoms with Gasteiger partial charge in [-0.3, -0.25) is 0 Å². The summed E-state index contributed by atoms with van der Waals surface area (Å²) in [6.45, 7) is 0. The highest BCUT2D eigenvalue weighted by atomic mass is 32.1. The van der Waals surface area contributed by atoms with Crippen LogP contribution in [0.15, 0.2) is 194 Å². The molecule has 0 bridgehead atoms. The Balaban J connectivity index is 1.27. The topological polar surface area (TPSA) is 0 Å². The van der Waals surface area contributed by atoms with Crippen molar-refractivity contribution in [2.45, 2.75) is 0 Å². The van der Waals surface area contributed by atoms with E-state index >= 15 is 0 Å². The number of fused-ring (bicyclic) bond motifs is 7. The molecule has 10 aromatic carbocycles. The number of thiophene rings is 1. The van der Waals surface area contributed by atoms with Crippen molar-refractivity contribution in [3.63, 3.8) is 0 Å². The van der Waals surface area contributed by atoms with Crippen LogP contribution in [0, 0.1) is 0 Å². The highest BCUT2D eigenvalue weighted by Crippen LogP contribution is 2.49. The Labute approximate surface area is 311 Å². The van der Waals surface area contributed by atoms with E-state index in [1.165, 1.54) is 108 Å². The lowest BCUT2D eigenvalue weighted by Gasteiger charge is -2.21. The van der Waals surface area contributed by atoms with Crippen LogP contribution < -0.4 is 0 Å². The summed E-state index contributed by atoms with van der Waals surface area (Å²) in [5.41, 5.74) is 10.0. The van der Waals surface area contributed by atoms with E-state index in [2.05, 4.69) is 194 Å². The van der Waals surface area contributed by atoms with Gasteiger partial charge in [0.2, 0.25) is 0 Å². The lowest BCUT2D eigenvalue weighted by Crippen LogP contribution is -1.94. The molecular weight excluding hydrogens is 657 g/mol. The minimum absolute atomic E-state index is 1.22. The molecule has 53 heavy (non-hydrogen) atoms. The van der Waals surface area contributed by atoms with Gasteiger partial charge >= 0.3 is 0 Å². The van der Waals surface area contributed by atoms with Crippen LogP contribution in [-0.2, 0) is 0 Å². The molecule has 0 radical (unpaired) electrons. The van der Waals surface area contributed by atoms with Gasteiger partial charge in [-0.15, -0.1) is 11.3 Å². The first kappa shape index (κ1) is 30.1. The monoisotopic (exact) mass is 688 g/mol. The average molecular weight is 689 g/mol. The standard InChI is InChI=1S/C52H32S/c1-2-15-35-31-36(28-27-33(35)13-1)39-18-5-6-20-42(39)51-45-22-8-7-21-44(45)50(43-24-11-16-34-14-3-4-17-38(34)43)46-30-29-37(32-48(46)51)40-23-12-25-47-41-19-9-10-26-49(41)53-52(40)47/h1-32H. The molecule has 246 valence electrons. The van der Waals surface area contributed by atoms with Gasteiger partial charge in [0.1, 0.15) is 0 Å². The van der Waals surface area contributed by atoms with Gasteiger partial charge in [-0.2, -0.15) is 0 Å². The number of rotatable bonds is 4. The van der Waals surface area contributed by atoms with Crippen molar-refractivity contribution in [3.05, 3.63) is 194 Å². The highest BCUT2D eigenvalue weighted by molar-refractivity contribution is 7.26. The molecule has 0 aliphatic heterocycles. The Morgan fingerprint density at radius 2 is 0.792 bits per heavy atom. The van der Waals surface area contributed by atoms with Crippen molar-refractivity contribution in [2.24, 2.45) is 0 Å². The maximum atomic E-state index is 2.47. The fraction of sp³-hybridized carbons (Fsp3) is 0. The summed E-state index contributed by atoms with van der Waals surface area (Å²) in [5, 5.41) is 12.7. The zero-order chi connectivity index (χ0) is 34.9. The van der Waals surface area contributed by atoms with Gasteiger partial charge in [-0.05, 0) is 106 Å². The van der Waals surface area contributed by atoms with Gasteiger partial charge in [-0.1, -0.05) is 176 Å². The minimum atomic E-state index is 1.22. The van der Waals surface area contributed by atoms with Crippen LogP contribution in [0.3, 0.4) is 0 Å². The zero-order valence-electron chi connectivity index (χ0n) is 28.9. The lowest BCUT2D eigenvalue weighted by atomic mass is 9.82. The SMILES string of the molecule is c1ccc(-c2c3ccccc3c(-c3cccc4ccccc34)c3ccc(-c4cccc5c4sc4ccccc45)cc23)c(-c2ccc3ccccc3c2)c1. The third-order valence-corrected chi connectivity index (χ3v) is 12.3. The molecule has 0 atom stereocenters. The quantitative estimate of drug-likeness (QED) is 0.162. The van der Waals surface area contributed by atoms with E-state index in [-0.39, 0.29) is 0 Å². The molecule has 0 spiro atoms. The molecule has 1 heteroatoms. The molecule has 0 aliphatic rings. The van der Waals surface area contributed by atoms with E-state index < -0.39 is 0 Å². The summed E-state index contributed by atoms with van der Waals surface area (Å²) in [5.74, 6) is 0. The lowest BCUT2D eigenvalue weighted by molar-refractivity contribution is 1.62. The van der Waals surface area contributed by atoms with Crippen LogP contribution in [0.5, 0.6) is 0 Å². The van der Waals surface area contributed by atoms with E-state index in [1.54, 1.807) is 0 Å². The average Bonchev–Trinajstić information content (AvgIpc) is 3.61. The van der Waals surface area contributed by atoms with Crippen molar-refractivity contribution in [3.8, 4) is 44.5 Å². The van der Waals surface area contributed by atoms with E-state index in [4.69, 9.17) is 0 Å². The zero-order valence-corrected chi connectivity index (χ0v) is 29.7. The summed E-state index contributed by atoms with van der Waals surface area (Å²) < 4.78 is 2.66. The maximum absolute atomic E-state index is 2.47. The van der Waals surface area contributed by atoms with Crippen LogP contribution in [0.2, 0.25) is 0 Å². The first-order chi connectivity index (χ1) is 26.3. The first-order valence-corrected chi connectivity index (χ1v) is 19.1. The molecular formula is C52H32S. The molecule has 0 amide bonds. The fourth-order valence-corrected chi connectivity index (χ4v) is 9.89. The third-order valence-electron chi connectivity index (χ3n) is 11.1. The molecule has 0 nitrogen and oxygen atoms in total. The summed E-state index contributed by atoms with van der Waals surface area (Å²) in [4.78, 5) is 0. The maximum Gasteiger partial charge on any atom is 0.0433 e. The highest BCUT2D eigenvalue weighted by Gasteiger charge is 2.21. The minimum Gasteiger partial charge on any atom is -0.135 e. The molecule has 11 rings (SSSR count). The number of hydrogen-bond acceptors (Lipinski definition) is 1. The molecule has 11 aromatic rings. The van der Waals surface area contributed by atoms with Crippen LogP contribution in [0.1, 0.15) is 0 Å². The van der Waals surface area contributed by atoms with Crippen LogP contribution in [-0.4, -0.2) is 0 Å². The Morgan fingerprint density at radius 3 is 1.64 bits per heavy atom. The normalized spacial score (nSPS) is 11.8. The van der Waals surface area contributed by atoms with Crippen molar-refractivity contribution >= 4 is 74.6 Å². The Hall–Kier alpha value is -6.54. The Morgan fingerprint density at radius 1 is 0.264 bits per heavy atom. The van der Waals surface area contributed by atoms with Crippen LogP contribution in [0.25, 0.3) is 108 Å². The van der Waals surface area contributed by atoms with Gasteiger partial charge in [0.05, 0.1) is 0 Å². The number of benzene rings is 10. The molecule has 0 saturated carbocycles. The predicted octanol–water partition coefficient (Wildman–Crippen LogP) is 15.3. The van der Waals surface area contributed by atoms with Crippen molar-refractivity contribution in [2.75, 3.05) is 0 Å². The summed E-state index contributed by atoms with van der Waals surface area (Å²) in [7, 11) is 0.